The fourth-order valence-corrected chi connectivity index (χ4v) is 8.21. The lowest BCUT2D eigenvalue weighted by Crippen LogP contribution is -2.42. The zero-order chi connectivity index (χ0) is 26.2. The second-order valence-electron chi connectivity index (χ2n) is 10.5. The van der Waals surface area contributed by atoms with Crippen LogP contribution in [0.25, 0.3) is 10.2 Å². The van der Waals surface area contributed by atoms with E-state index in [4.69, 9.17) is 9.72 Å². The lowest BCUT2D eigenvalue weighted by molar-refractivity contribution is 0.0917. The third kappa shape index (κ3) is 5.46. The Hall–Kier alpha value is -2.33. The second-order valence-corrected chi connectivity index (χ2v) is 13.4. The van der Waals surface area contributed by atoms with Crippen molar-refractivity contribution in [2.24, 2.45) is 11.8 Å². The molecule has 9 heteroatoms. The lowest BCUT2D eigenvalue weighted by Gasteiger charge is -2.34. The summed E-state index contributed by atoms with van der Waals surface area (Å²) in [7, 11) is -3.61. The molecule has 1 aromatic heterocycles. The summed E-state index contributed by atoms with van der Waals surface area (Å²) in [5, 5.41) is 0.643. The van der Waals surface area contributed by atoms with Crippen molar-refractivity contribution in [3.8, 4) is 0 Å². The molecule has 2 aromatic carbocycles. The average molecular weight is 542 g/mol. The number of ether oxygens (including phenoxy) is 1. The molecule has 7 nitrogen and oxygen atoms in total. The van der Waals surface area contributed by atoms with Gasteiger partial charge in [-0.05, 0) is 73.4 Å². The summed E-state index contributed by atoms with van der Waals surface area (Å²) >= 11 is 1.50. The molecule has 37 heavy (non-hydrogen) atoms. The molecular weight excluding hydrogens is 506 g/mol. The minimum absolute atomic E-state index is 0.0376. The predicted molar refractivity (Wildman–Crippen MR) is 148 cm³/mol. The van der Waals surface area contributed by atoms with Gasteiger partial charge in [0, 0.05) is 25.3 Å². The van der Waals surface area contributed by atoms with Crippen molar-refractivity contribution < 1.29 is 17.9 Å². The number of rotatable bonds is 7. The summed E-state index contributed by atoms with van der Waals surface area (Å²) in [5.74, 6) is 0.456. The van der Waals surface area contributed by atoms with E-state index in [0.717, 1.165) is 41.5 Å². The van der Waals surface area contributed by atoms with Crippen molar-refractivity contribution in [1.82, 2.24) is 9.29 Å². The Balaban J connectivity index is 1.43. The standard InChI is InChI=1S/C28H35N3O4S2/c1-4-21-7-5-9-25-26(21)29-28(36-25)31(18-23-8-6-14-35-23)27(32)22-10-12-24(13-11-22)37(33,34)30-16-19(2)15-20(3)17-30/h5,7,9-13,19-20,23H,4,6,8,14-18H2,1-3H3. The Labute approximate surface area is 223 Å². The van der Waals surface area contributed by atoms with E-state index in [1.54, 1.807) is 33.5 Å². The van der Waals surface area contributed by atoms with E-state index >= 15 is 0 Å². The van der Waals surface area contributed by atoms with E-state index in [1.807, 2.05) is 12.1 Å². The van der Waals surface area contributed by atoms with Gasteiger partial charge in [0.1, 0.15) is 0 Å². The van der Waals surface area contributed by atoms with Crippen molar-refractivity contribution in [2.75, 3.05) is 31.1 Å². The van der Waals surface area contributed by atoms with Gasteiger partial charge in [-0.25, -0.2) is 13.4 Å². The Morgan fingerprint density at radius 2 is 1.86 bits per heavy atom. The van der Waals surface area contributed by atoms with Gasteiger partial charge in [0.15, 0.2) is 5.13 Å². The predicted octanol–water partition coefficient (Wildman–Crippen LogP) is 5.35. The number of aromatic nitrogens is 1. The maximum absolute atomic E-state index is 13.8. The van der Waals surface area contributed by atoms with E-state index in [2.05, 4.69) is 26.8 Å². The number of nitrogens with zero attached hydrogens (tertiary/aromatic N) is 3. The van der Waals surface area contributed by atoms with Gasteiger partial charge in [-0.15, -0.1) is 0 Å². The normalized spacial score (nSPS) is 22.9. The van der Waals surface area contributed by atoms with Gasteiger partial charge in [0.25, 0.3) is 5.91 Å². The SMILES string of the molecule is CCc1cccc2sc(N(CC3CCCO3)C(=O)c3ccc(S(=O)(=O)N4CC(C)CC(C)C4)cc3)nc12. The van der Waals surface area contributed by atoms with Crippen LogP contribution >= 0.6 is 11.3 Å². The van der Waals surface area contributed by atoms with E-state index in [0.29, 0.717) is 48.8 Å². The third-order valence-corrected chi connectivity index (χ3v) is 10.2. The van der Waals surface area contributed by atoms with Gasteiger partial charge in [-0.2, -0.15) is 4.31 Å². The molecule has 0 aliphatic carbocycles. The van der Waals surface area contributed by atoms with Crippen molar-refractivity contribution in [1.29, 1.82) is 0 Å². The van der Waals surface area contributed by atoms with Crippen LogP contribution in [0.4, 0.5) is 5.13 Å². The van der Waals surface area contributed by atoms with E-state index in [-0.39, 0.29) is 16.9 Å². The Kier molecular flexibility index (Phi) is 7.68. The number of fused-ring (bicyclic) bond motifs is 1. The molecule has 2 aliphatic rings. The number of aryl methyl sites for hydroxylation is 1. The number of carbonyl (C=O) groups is 1. The molecule has 1 amide bonds. The summed E-state index contributed by atoms with van der Waals surface area (Å²) in [6.07, 6.45) is 3.74. The van der Waals surface area contributed by atoms with Crippen LogP contribution in [0.2, 0.25) is 0 Å². The highest BCUT2D eigenvalue weighted by atomic mass is 32.2. The maximum atomic E-state index is 13.8. The number of amides is 1. The number of carbonyl (C=O) groups excluding carboxylic acids is 1. The lowest BCUT2D eigenvalue weighted by atomic mass is 9.94. The molecule has 0 spiro atoms. The summed E-state index contributed by atoms with van der Waals surface area (Å²) in [5.41, 5.74) is 2.52. The van der Waals surface area contributed by atoms with Crippen LogP contribution < -0.4 is 4.90 Å². The van der Waals surface area contributed by atoms with Crippen LogP contribution in [0.1, 0.15) is 56.0 Å². The Morgan fingerprint density at radius 3 is 2.51 bits per heavy atom. The molecule has 0 bridgehead atoms. The maximum Gasteiger partial charge on any atom is 0.260 e. The number of benzene rings is 2. The van der Waals surface area contributed by atoms with Gasteiger partial charge in [0.05, 0.1) is 27.8 Å². The van der Waals surface area contributed by atoms with Gasteiger partial charge in [0.2, 0.25) is 10.0 Å². The molecule has 3 atom stereocenters. The smallest absolute Gasteiger partial charge is 0.260 e. The molecule has 2 aliphatic heterocycles. The van der Waals surface area contributed by atoms with Gasteiger partial charge < -0.3 is 4.74 Å². The fourth-order valence-electron chi connectivity index (χ4n) is 5.51. The Morgan fingerprint density at radius 1 is 1.14 bits per heavy atom. The average Bonchev–Trinajstić information content (AvgIpc) is 3.56. The van der Waals surface area contributed by atoms with Crippen LogP contribution in [0.5, 0.6) is 0 Å². The molecule has 0 saturated carbocycles. The molecule has 3 aromatic rings. The fraction of sp³-hybridized carbons (Fsp3) is 0.500. The zero-order valence-corrected chi connectivity index (χ0v) is 23.4. The largest absolute Gasteiger partial charge is 0.376 e. The molecular formula is C28H35N3O4S2. The first-order chi connectivity index (χ1) is 17.8. The first-order valence-corrected chi connectivity index (χ1v) is 15.4. The highest BCUT2D eigenvalue weighted by Crippen LogP contribution is 2.33. The number of hydrogen-bond acceptors (Lipinski definition) is 6. The van der Waals surface area contributed by atoms with Gasteiger partial charge in [-0.1, -0.05) is 44.2 Å². The number of sulfonamides is 1. The molecule has 3 unspecified atom stereocenters. The molecule has 2 fully saturated rings. The van der Waals surface area contributed by atoms with Crippen molar-refractivity contribution in [3.63, 3.8) is 0 Å². The van der Waals surface area contributed by atoms with E-state index < -0.39 is 10.0 Å². The Bertz CT molecular complexity index is 1350. The zero-order valence-electron chi connectivity index (χ0n) is 21.7. The monoisotopic (exact) mass is 541 g/mol. The summed E-state index contributed by atoms with van der Waals surface area (Å²) in [6.45, 7) is 8.46. The van der Waals surface area contributed by atoms with Crippen LogP contribution in [0, 0.1) is 11.8 Å². The number of anilines is 1. The molecule has 0 N–H and O–H groups in total. The first kappa shape index (κ1) is 26.3. The highest BCUT2D eigenvalue weighted by Gasteiger charge is 2.32. The topological polar surface area (TPSA) is 79.8 Å². The minimum Gasteiger partial charge on any atom is -0.376 e. The summed E-state index contributed by atoms with van der Waals surface area (Å²) in [4.78, 5) is 20.6. The second kappa shape index (κ2) is 10.8. The minimum atomic E-state index is -3.61. The molecule has 3 heterocycles. The van der Waals surface area contributed by atoms with Crippen molar-refractivity contribution >= 4 is 42.6 Å². The number of thiazole rings is 1. The van der Waals surface area contributed by atoms with Crippen molar-refractivity contribution in [2.45, 2.75) is 57.5 Å². The number of para-hydroxylation sites is 1. The van der Waals surface area contributed by atoms with Crippen molar-refractivity contribution in [3.05, 3.63) is 53.6 Å². The van der Waals surface area contributed by atoms with Crippen LogP contribution in [-0.2, 0) is 21.2 Å². The summed E-state index contributed by atoms with van der Waals surface area (Å²) < 4.78 is 35.1. The quantitative estimate of drug-likeness (QED) is 0.403. The van der Waals surface area contributed by atoms with Gasteiger partial charge >= 0.3 is 0 Å². The number of hydrogen-bond donors (Lipinski definition) is 0. The van der Waals surface area contributed by atoms with E-state index in [9.17, 15) is 13.2 Å². The summed E-state index contributed by atoms with van der Waals surface area (Å²) in [6, 6.07) is 12.5. The molecule has 198 valence electrons. The van der Waals surface area contributed by atoms with Crippen LogP contribution in [0.15, 0.2) is 47.4 Å². The van der Waals surface area contributed by atoms with Crippen LogP contribution in [-0.4, -0.2) is 56.0 Å². The highest BCUT2D eigenvalue weighted by molar-refractivity contribution is 7.89. The molecule has 2 saturated heterocycles. The molecule has 5 rings (SSSR count). The third-order valence-electron chi connectivity index (χ3n) is 7.33. The molecule has 0 radical (unpaired) electrons. The van der Waals surface area contributed by atoms with Crippen LogP contribution in [0.3, 0.4) is 0 Å². The van der Waals surface area contributed by atoms with E-state index in [1.165, 1.54) is 11.3 Å². The first-order valence-electron chi connectivity index (χ1n) is 13.2. The number of piperidine rings is 1. The van der Waals surface area contributed by atoms with Gasteiger partial charge in [-0.3, -0.25) is 9.69 Å².